The van der Waals surface area contributed by atoms with Crippen molar-refractivity contribution in [3.05, 3.63) is 29.8 Å². The number of carboxylic acid groups (broad SMARTS) is 1. The van der Waals surface area contributed by atoms with Gasteiger partial charge in [0, 0.05) is 12.1 Å². The number of amides is 1. The van der Waals surface area contributed by atoms with Crippen LogP contribution < -0.4 is 10.6 Å². The molecule has 0 aliphatic carbocycles. The zero-order valence-electron chi connectivity index (χ0n) is 11.7. The van der Waals surface area contributed by atoms with Gasteiger partial charge in [-0.1, -0.05) is 38.5 Å². The van der Waals surface area contributed by atoms with Crippen LogP contribution in [-0.2, 0) is 16.0 Å². The van der Waals surface area contributed by atoms with Gasteiger partial charge < -0.3 is 15.7 Å². The average Bonchev–Trinajstić information content (AvgIpc) is 2.87. The normalized spacial score (nSPS) is 19.6. The maximum Gasteiger partial charge on any atom is 0.326 e. The Morgan fingerprint density at radius 1 is 1.45 bits per heavy atom. The summed E-state index contributed by atoms with van der Waals surface area (Å²) in [5, 5.41) is 15.0. The largest absolute Gasteiger partial charge is 0.480 e. The fourth-order valence-corrected chi connectivity index (χ4v) is 2.39. The van der Waals surface area contributed by atoms with Crippen LogP contribution >= 0.6 is 0 Å². The van der Waals surface area contributed by atoms with E-state index < -0.39 is 18.1 Å². The first kappa shape index (κ1) is 14.4. The van der Waals surface area contributed by atoms with Crippen molar-refractivity contribution in [2.45, 2.75) is 38.8 Å². The Hall–Kier alpha value is -2.04. The van der Waals surface area contributed by atoms with E-state index in [0.717, 1.165) is 11.3 Å². The summed E-state index contributed by atoms with van der Waals surface area (Å²) in [7, 11) is 0. The van der Waals surface area contributed by atoms with Crippen LogP contribution in [0.2, 0.25) is 0 Å². The van der Waals surface area contributed by atoms with E-state index >= 15 is 0 Å². The Kier molecular flexibility index (Phi) is 4.27. The molecule has 0 aromatic heterocycles. The highest BCUT2D eigenvalue weighted by molar-refractivity contribution is 5.90. The van der Waals surface area contributed by atoms with E-state index in [1.54, 1.807) is 0 Å². The quantitative estimate of drug-likeness (QED) is 0.764. The van der Waals surface area contributed by atoms with Crippen LogP contribution in [-0.4, -0.2) is 29.1 Å². The minimum absolute atomic E-state index is 0.0970. The highest BCUT2D eigenvalue weighted by Gasteiger charge is 2.31. The molecule has 0 spiro atoms. The average molecular weight is 276 g/mol. The number of rotatable bonds is 5. The minimum Gasteiger partial charge on any atom is -0.480 e. The van der Waals surface area contributed by atoms with Crippen LogP contribution in [0.4, 0.5) is 5.69 Å². The fraction of sp³-hybridized carbons (Fsp3) is 0.467. The first-order chi connectivity index (χ1) is 9.52. The summed E-state index contributed by atoms with van der Waals surface area (Å²) < 4.78 is 0. The van der Waals surface area contributed by atoms with E-state index in [4.69, 9.17) is 0 Å². The monoisotopic (exact) mass is 276 g/mol. The van der Waals surface area contributed by atoms with Gasteiger partial charge in [-0.25, -0.2) is 4.79 Å². The zero-order valence-corrected chi connectivity index (χ0v) is 11.7. The number of carbonyl (C=O) groups is 2. The van der Waals surface area contributed by atoms with E-state index in [2.05, 4.69) is 10.6 Å². The zero-order chi connectivity index (χ0) is 14.7. The number of carboxylic acids is 1. The van der Waals surface area contributed by atoms with Gasteiger partial charge in [0.05, 0.1) is 0 Å². The summed E-state index contributed by atoms with van der Waals surface area (Å²) in [6, 6.07) is 6.51. The molecule has 108 valence electrons. The number of hydrogen-bond acceptors (Lipinski definition) is 3. The molecule has 0 bridgehead atoms. The minimum atomic E-state index is -0.983. The van der Waals surface area contributed by atoms with Gasteiger partial charge in [0.15, 0.2) is 0 Å². The maximum atomic E-state index is 12.2. The first-order valence-corrected chi connectivity index (χ1v) is 6.90. The van der Waals surface area contributed by atoms with Crippen molar-refractivity contribution in [2.24, 2.45) is 5.92 Å². The molecular formula is C15H20N2O3. The molecule has 0 saturated heterocycles. The number of para-hydroxylation sites is 1. The standard InChI is InChI=1S/C15H20N2O3/c1-3-9(2)13(15(19)20)17-14(18)12-8-10-6-4-5-7-11(10)16-12/h4-7,9,12-13,16H,3,8H2,1-2H3,(H,17,18)(H,19,20)/t9?,12-,13?/m0/s1. The molecule has 2 unspecified atom stereocenters. The first-order valence-electron chi connectivity index (χ1n) is 6.90. The number of aliphatic carboxylic acids is 1. The van der Waals surface area contributed by atoms with Crippen molar-refractivity contribution in [3.8, 4) is 0 Å². The van der Waals surface area contributed by atoms with E-state index in [0.29, 0.717) is 12.8 Å². The lowest BCUT2D eigenvalue weighted by Crippen LogP contribution is -2.50. The molecular weight excluding hydrogens is 256 g/mol. The summed E-state index contributed by atoms with van der Waals surface area (Å²) in [4.78, 5) is 23.4. The number of anilines is 1. The van der Waals surface area contributed by atoms with Crippen molar-refractivity contribution < 1.29 is 14.7 Å². The summed E-state index contributed by atoms with van der Waals surface area (Å²) in [5.41, 5.74) is 2.03. The summed E-state index contributed by atoms with van der Waals surface area (Å²) in [6.07, 6.45) is 1.30. The van der Waals surface area contributed by atoms with Crippen molar-refractivity contribution in [1.29, 1.82) is 0 Å². The second-order valence-electron chi connectivity index (χ2n) is 5.27. The molecule has 3 N–H and O–H groups in total. The van der Waals surface area contributed by atoms with Gasteiger partial charge in [-0.3, -0.25) is 4.79 Å². The molecule has 0 fully saturated rings. The van der Waals surface area contributed by atoms with Crippen molar-refractivity contribution in [1.82, 2.24) is 5.32 Å². The van der Waals surface area contributed by atoms with Crippen LogP contribution in [0.15, 0.2) is 24.3 Å². The molecule has 0 saturated carbocycles. The number of hydrogen-bond donors (Lipinski definition) is 3. The van der Waals surface area contributed by atoms with Crippen molar-refractivity contribution in [2.75, 3.05) is 5.32 Å². The molecule has 3 atom stereocenters. The third kappa shape index (κ3) is 2.92. The molecule has 1 aromatic rings. The van der Waals surface area contributed by atoms with E-state index in [1.165, 1.54) is 0 Å². The van der Waals surface area contributed by atoms with E-state index in [9.17, 15) is 14.7 Å². The number of benzene rings is 1. The van der Waals surface area contributed by atoms with Crippen molar-refractivity contribution >= 4 is 17.6 Å². The Balaban J connectivity index is 2.01. The topological polar surface area (TPSA) is 78.4 Å². The Bertz CT molecular complexity index is 491. The molecule has 1 aliphatic heterocycles. The molecule has 1 aromatic carbocycles. The second kappa shape index (κ2) is 5.94. The number of carbonyl (C=O) groups excluding carboxylic acids is 1. The van der Waals surface area contributed by atoms with Crippen molar-refractivity contribution in [3.63, 3.8) is 0 Å². The third-order valence-electron chi connectivity index (χ3n) is 3.86. The highest BCUT2D eigenvalue weighted by Crippen LogP contribution is 2.25. The highest BCUT2D eigenvalue weighted by atomic mass is 16.4. The second-order valence-corrected chi connectivity index (χ2v) is 5.27. The van der Waals surface area contributed by atoms with Gasteiger partial charge in [0.2, 0.25) is 5.91 Å². The Morgan fingerprint density at radius 3 is 2.75 bits per heavy atom. The number of fused-ring (bicyclic) bond motifs is 1. The van der Waals surface area contributed by atoms with E-state index in [-0.39, 0.29) is 11.8 Å². The maximum absolute atomic E-state index is 12.2. The molecule has 5 nitrogen and oxygen atoms in total. The van der Waals surface area contributed by atoms with Gasteiger partial charge in [0.25, 0.3) is 0 Å². The van der Waals surface area contributed by atoms with Gasteiger partial charge in [-0.05, 0) is 17.5 Å². The van der Waals surface area contributed by atoms with Crippen LogP contribution in [0.3, 0.4) is 0 Å². The van der Waals surface area contributed by atoms with E-state index in [1.807, 2.05) is 38.1 Å². The molecule has 2 rings (SSSR count). The molecule has 1 heterocycles. The lowest BCUT2D eigenvalue weighted by molar-refractivity contribution is -0.143. The van der Waals surface area contributed by atoms with Gasteiger partial charge in [0.1, 0.15) is 12.1 Å². The van der Waals surface area contributed by atoms with Crippen LogP contribution in [0.1, 0.15) is 25.8 Å². The molecule has 20 heavy (non-hydrogen) atoms. The smallest absolute Gasteiger partial charge is 0.326 e. The predicted molar refractivity (Wildman–Crippen MR) is 76.6 cm³/mol. The SMILES string of the molecule is CCC(C)C(NC(=O)[C@@H]1Cc2ccccc2N1)C(=O)O. The summed E-state index contributed by atoms with van der Waals surface area (Å²) in [6.45, 7) is 3.74. The van der Waals surface area contributed by atoms with Gasteiger partial charge >= 0.3 is 5.97 Å². The Morgan fingerprint density at radius 2 is 2.15 bits per heavy atom. The third-order valence-corrected chi connectivity index (χ3v) is 3.86. The van der Waals surface area contributed by atoms with Gasteiger partial charge in [-0.15, -0.1) is 0 Å². The summed E-state index contributed by atoms with van der Waals surface area (Å²) >= 11 is 0. The lowest BCUT2D eigenvalue weighted by atomic mass is 9.98. The fourth-order valence-electron chi connectivity index (χ4n) is 2.39. The van der Waals surface area contributed by atoms with Crippen LogP contribution in [0.25, 0.3) is 0 Å². The Labute approximate surface area is 118 Å². The number of nitrogens with one attached hydrogen (secondary N) is 2. The molecule has 1 aliphatic rings. The molecule has 1 amide bonds. The van der Waals surface area contributed by atoms with Crippen LogP contribution in [0.5, 0.6) is 0 Å². The van der Waals surface area contributed by atoms with Gasteiger partial charge in [-0.2, -0.15) is 0 Å². The summed E-state index contributed by atoms with van der Waals surface area (Å²) in [5.74, 6) is -1.34. The predicted octanol–water partition coefficient (Wildman–Crippen LogP) is 1.64. The lowest BCUT2D eigenvalue weighted by Gasteiger charge is -2.22. The molecule has 5 heteroatoms. The van der Waals surface area contributed by atoms with Crippen LogP contribution in [0, 0.1) is 5.92 Å². The molecule has 0 radical (unpaired) electrons.